The average Bonchev–Trinajstić information content (AvgIpc) is 2.86. The molecule has 5 heteroatoms. The fourth-order valence-electron chi connectivity index (χ4n) is 1.63. The zero-order valence-corrected chi connectivity index (χ0v) is 10.7. The molecule has 18 heavy (non-hydrogen) atoms. The van der Waals surface area contributed by atoms with Crippen molar-refractivity contribution >= 4 is 17.3 Å². The maximum atomic E-state index is 9.22. The predicted molar refractivity (Wildman–Crippen MR) is 71.3 cm³/mol. The number of para-hydroxylation sites is 1. The van der Waals surface area contributed by atoms with Gasteiger partial charge in [-0.15, -0.1) is 0 Å². The Morgan fingerprint density at radius 2 is 2.28 bits per heavy atom. The van der Waals surface area contributed by atoms with E-state index in [1.165, 1.54) is 0 Å². The number of halogens is 1. The van der Waals surface area contributed by atoms with Crippen LogP contribution in [0.1, 0.15) is 18.5 Å². The van der Waals surface area contributed by atoms with Crippen molar-refractivity contribution in [3.63, 3.8) is 0 Å². The van der Waals surface area contributed by atoms with E-state index in [1.807, 2.05) is 31.3 Å². The molecule has 2 rings (SSSR count). The first kappa shape index (κ1) is 12.5. The molecule has 0 amide bonds. The van der Waals surface area contributed by atoms with E-state index in [4.69, 9.17) is 11.6 Å². The van der Waals surface area contributed by atoms with Gasteiger partial charge in [0, 0.05) is 18.3 Å². The lowest BCUT2D eigenvalue weighted by atomic mass is 10.1. The molecule has 0 spiro atoms. The second kappa shape index (κ2) is 5.56. The summed E-state index contributed by atoms with van der Waals surface area (Å²) in [7, 11) is 0. The molecule has 0 saturated heterocycles. The Bertz CT molecular complexity index is 570. The second-order valence-corrected chi connectivity index (χ2v) is 4.22. The summed E-state index contributed by atoms with van der Waals surface area (Å²) in [5.74, 6) is 0. The molecule has 0 bridgehead atoms. The molecule has 1 N–H and O–H groups in total. The van der Waals surface area contributed by atoms with Crippen LogP contribution in [0.25, 0.3) is 0 Å². The summed E-state index contributed by atoms with van der Waals surface area (Å²) in [4.78, 5) is 0. The molecule has 0 saturated carbocycles. The van der Waals surface area contributed by atoms with Gasteiger partial charge >= 0.3 is 0 Å². The van der Waals surface area contributed by atoms with Crippen LogP contribution in [0.2, 0.25) is 5.02 Å². The molecule has 4 nitrogen and oxygen atoms in total. The van der Waals surface area contributed by atoms with E-state index in [2.05, 4.69) is 16.5 Å². The number of nitrogens with one attached hydrogen (secondary N) is 1. The van der Waals surface area contributed by atoms with Gasteiger partial charge in [0.25, 0.3) is 0 Å². The van der Waals surface area contributed by atoms with Crippen molar-refractivity contribution in [1.82, 2.24) is 9.78 Å². The minimum absolute atomic E-state index is 0.454. The Hall–Kier alpha value is -1.99. The third kappa shape index (κ3) is 2.63. The van der Waals surface area contributed by atoms with E-state index in [9.17, 15) is 5.26 Å². The first-order valence-electron chi connectivity index (χ1n) is 5.67. The molecular formula is C13H13ClN4. The topological polar surface area (TPSA) is 53.6 Å². The van der Waals surface area contributed by atoms with E-state index in [0.29, 0.717) is 5.02 Å². The van der Waals surface area contributed by atoms with Crippen LogP contribution in [0, 0.1) is 11.3 Å². The number of hydrogen-bond donors (Lipinski definition) is 1. The third-order valence-corrected chi connectivity index (χ3v) is 2.94. The summed E-state index contributed by atoms with van der Waals surface area (Å²) in [6.45, 7) is 2.78. The number of benzene rings is 1. The third-order valence-electron chi connectivity index (χ3n) is 2.61. The maximum absolute atomic E-state index is 9.22. The Morgan fingerprint density at radius 3 is 2.89 bits per heavy atom. The van der Waals surface area contributed by atoms with Gasteiger partial charge in [-0.1, -0.05) is 23.7 Å². The second-order valence-electron chi connectivity index (χ2n) is 3.82. The van der Waals surface area contributed by atoms with Crippen molar-refractivity contribution in [2.45, 2.75) is 19.5 Å². The molecule has 0 aliphatic carbocycles. The van der Waals surface area contributed by atoms with E-state index < -0.39 is 6.04 Å². The number of hydrogen-bond acceptors (Lipinski definition) is 3. The fraction of sp³-hybridized carbons (Fsp3) is 0.231. The molecule has 0 fully saturated rings. The van der Waals surface area contributed by atoms with Crippen LogP contribution in [0.4, 0.5) is 5.69 Å². The molecule has 0 aliphatic heterocycles. The van der Waals surface area contributed by atoms with Crippen LogP contribution in [0.15, 0.2) is 36.7 Å². The van der Waals surface area contributed by atoms with E-state index in [0.717, 1.165) is 17.8 Å². The van der Waals surface area contributed by atoms with Crippen molar-refractivity contribution < 1.29 is 0 Å². The van der Waals surface area contributed by atoms with E-state index in [-0.39, 0.29) is 0 Å². The van der Waals surface area contributed by atoms with E-state index in [1.54, 1.807) is 16.9 Å². The van der Waals surface area contributed by atoms with Crippen molar-refractivity contribution in [1.29, 1.82) is 5.26 Å². The van der Waals surface area contributed by atoms with Gasteiger partial charge < -0.3 is 5.32 Å². The summed E-state index contributed by atoms with van der Waals surface area (Å²) < 4.78 is 1.79. The lowest BCUT2D eigenvalue weighted by molar-refractivity contribution is 0.659. The van der Waals surface area contributed by atoms with Gasteiger partial charge in [-0.3, -0.25) is 4.68 Å². The summed E-state index contributed by atoms with van der Waals surface area (Å²) in [6, 6.07) is 9.11. The molecule has 92 valence electrons. The number of aromatic nitrogens is 2. The number of aryl methyl sites for hydroxylation is 1. The van der Waals surface area contributed by atoms with Crippen molar-refractivity contribution in [2.75, 3.05) is 5.32 Å². The lowest BCUT2D eigenvalue weighted by Crippen LogP contribution is -2.08. The quantitative estimate of drug-likeness (QED) is 0.918. The van der Waals surface area contributed by atoms with Gasteiger partial charge in [0.1, 0.15) is 6.04 Å². The summed E-state index contributed by atoms with van der Waals surface area (Å²) in [5.41, 5.74) is 1.58. The summed E-state index contributed by atoms with van der Waals surface area (Å²) in [5, 5.41) is 17.1. The number of anilines is 1. The summed E-state index contributed by atoms with van der Waals surface area (Å²) in [6.07, 6.45) is 3.55. The van der Waals surface area contributed by atoms with Crippen LogP contribution in [-0.2, 0) is 6.54 Å². The van der Waals surface area contributed by atoms with Crippen LogP contribution < -0.4 is 5.32 Å². The Kier molecular flexibility index (Phi) is 3.85. The molecule has 1 aromatic carbocycles. The van der Waals surface area contributed by atoms with Gasteiger partial charge in [0.05, 0.1) is 23.0 Å². The van der Waals surface area contributed by atoms with Crippen molar-refractivity contribution in [3.05, 3.63) is 47.2 Å². The highest BCUT2D eigenvalue weighted by atomic mass is 35.5. The van der Waals surface area contributed by atoms with Gasteiger partial charge in [-0.2, -0.15) is 10.4 Å². The van der Waals surface area contributed by atoms with Crippen LogP contribution in [-0.4, -0.2) is 9.78 Å². The SMILES string of the molecule is CCn1cc(C(C#N)Nc2ccccc2Cl)cn1. The average molecular weight is 261 g/mol. The minimum Gasteiger partial charge on any atom is -0.365 e. The normalized spacial score (nSPS) is 11.8. The van der Waals surface area contributed by atoms with E-state index >= 15 is 0 Å². The Labute approximate surface area is 111 Å². The fourth-order valence-corrected chi connectivity index (χ4v) is 1.82. The maximum Gasteiger partial charge on any atom is 0.143 e. The summed E-state index contributed by atoms with van der Waals surface area (Å²) >= 11 is 6.05. The van der Waals surface area contributed by atoms with Gasteiger partial charge in [-0.05, 0) is 19.1 Å². The highest BCUT2D eigenvalue weighted by Gasteiger charge is 2.13. The van der Waals surface area contributed by atoms with Crippen molar-refractivity contribution in [2.24, 2.45) is 0 Å². The van der Waals surface area contributed by atoms with Gasteiger partial charge in [0.15, 0.2) is 0 Å². The van der Waals surface area contributed by atoms with Crippen LogP contribution in [0.5, 0.6) is 0 Å². The predicted octanol–water partition coefficient (Wildman–Crippen LogP) is 3.23. The number of nitrogens with zero attached hydrogens (tertiary/aromatic N) is 3. The molecule has 1 heterocycles. The highest BCUT2D eigenvalue weighted by molar-refractivity contribution is 6.33. The smallest absolute Gasteiger partial charge is 0.143 e. The lowest BCUT2D eigenvalue weighted by Gasteiger charge is -2.12. The zero-order chi connectivity index (χ0) is 13.0. The molecule has 0 aliphatic rings. The molecular weight excluding hydrogens is 248 g/mol. The number of rotatable bonds is 4. The molecule has 1 unspecified atom stereocenters. The molecule has 1 aromatic heterocycles. The largest absolute Gasteiger partial charge is 0.365 e. The van der Waals surface area contributed by atoms with Crippen LogP contribution >= 0.6 is 11.6 Å². The standard InChI is InChI=1S/C13H13ClN4/c1-2-18-9-10(8-16-18)13(7-15)17-12-6-4-3-5-11(12)14/h3-6,8-9,13,17H,2H2,1H3. The van der Waals surface area contributed by atoms with Gasteiger partial charge in [0.2, 0.25) is 0 Å². The molecule has 0 radical (unpaired) electrons. The zero-order valence-electron chi connectivity index (χ0n) is 9.97. The molecule has 2 aromatic rings. The monoisotopic (exact) mass is 260 g/mol. The minimum atomic E-state index is -0.454. The Balaban J connectivity index is 2.20. The van der Waals surface area contributed by atoms with Crippen molar-refractivity contribution in [3.8, 4) is 6.07 Å². The Morgan fingerprint density at radius 1 is 1.50 bits per heavy atom. The molecule has 1 atom stereocenters. The van der Waals surface area contributed by atoms with Gasteiger partial charge in [-0.25, -0.2) is 0 Å². The van der Waals surface area contributed by atoms with Crippen LogP contribution in [0.3, 0.4) is 0 Å². The number of nitriles is 1. The first-order chi connectivity index (χ1) is 8.74. The first-order valence-corrected chi connectivity index (χ1v) is 6.05. The highest BCUT2D eigenvalue weighted by Crippen LogP contribution is 2.25.